The highest BCUT2D eigenvalue weighted by atomic mass is 32.2. The van der Waals surface area contributed by atoms with Crippen LogP contribution in [0.15, 0.2) is 59.5 Å². The highest BCUT2D eigenvalue weighted by Crippen LogP contribution is 2.19. The van der Waals surface area contributed by atoms with Crippen LogP contribution < -0.4 is 20.1 Å². The number of hydrogen-bond donors (Lipinski definition) is 2. The van der Waals surface area contributed by atoms with Crippen LogP contribution >= 0.6 is 0 Å². The first-order valence-corrected chi connectivity index (χ1v) is 8.73. The molecule has 1 aliphatic heterocycles. The zero-order valence-corrected chi connectivity index (χ0v) is 14.1. The van der Waals surface area contributed by atoms with Crippen LogP contribution in [0, 0.1) is 0 Å². The molecule has 0 radical (unpaired) electrons. The maximum absolute atomic E-state index is 10.5. The molecule has 124 valence electrons. The van der Waals surface area contributed by atoms with Gasteiger partial charge < -0.3 is 15.0 Å². The Labute approximate surface area is 140 Å². The topological polar surface area (TPSA) is 67.6 Å². The Morgan fingerprint density at radius 1 is 1.04 bits per heavy atom. The van der Waals surface area contributed by atoms with E-state index in [1.165, 1.54) is 5.69 Å². The van der Waals surface area contributed by atoms with Crippen molar-refractivity contribution in [2.24, 2.45) is 5.14 Å². The molecule has 6 heteroatoms. The molecule has 2 aromatic rings. The zero-order valence-electron chi connectivity index (χ0n) is 13.3. The van der Waals surface area contributed by atoms with Crippen LogP contribution in [0.5, 0.6) is 5.75 Å². The van der Waals surface area contributed by atoms with E-state index < -0.39 is 11.0 Å². The van der Waals surface area contributed by atoms with E-state index >= 15 is 0 Å². The Balaban J connectivity index is 0.000000185. The van der Waals surface area contributed by atoms with E-state index in [4.69, 9.17) is 9.88 Å². The number of piperazine rings is 1. The van der Waals surface area contributed by atoms with Gasteiger partial charge in [0.05, 0.1) is 12.0 Å². The molecule has 0 spiro atoms. The lowest BCUT2D eigenvalue weighted by atomic mass is 10.2. The van der Waals surface area contributed by atoms with Gasteiger partial charge in [-0.2, -0.15) is 0 Å². The number of methoxy groups -OCH3 is 1. The Hall–Kier alpha value is -1.89. The van der Waals surface area contributed by atoms with Crippen molar-refractivity contribution in [3.05, 3.63) is 54.6 Å². The normalized spacial score (nSPS) is 15.3. The van der Waals surface area contributed by atoms with E-state index in [-0.39, 0.29) is 0 Å². The average molecular weight is 333 g/mol. The molecule has 0 aromatic heterocycles. The molecule has 3 N–H and O–H groups in total. The summed E-state index contributed by atoms with van der Waals surface area (Å²) in [5.41, 5.74) is 1.28. The largest absolute Gasteiger partial charge is 0.497 e. The van der Waals surface area contributed by atoms with Crippen molar-refractivity contribution < 1.29 is 8.95 Å². The first-order chi connectivity index (χ1) is 11.2. The maximum atomic E-state index is 10.5. The van der Waals surface area contributed by atoms with E-state index in [2.05, 4.69) is 22.3 Å². The van der Waals surface area contributed by atoms with E-state index in [1.54, 1.807) is 31.4 Å². The number of rotatable bonds is 3. The van der Waals surface area contributed by atoms with Gasteiger partial charge in [-0.05, 0) is 36.4 Å². The number of hydrogen-bond acceptors (Lipinski definition) is 4. The molecule has 1 saturated heterocycles. The Kier molecular flexibility index (Phi) is 7.06. The molecule has 23 heavy (non-hydrogen) atoms. The fraction of sp³-hybridized carbons (Fsp3) is 0.294. The van der Waals surface area contributed by atoms with Gasteiger partial charge in [0, 0.05) is 31.9 Å². The highest BCUT2D eigenvalue weighted by molar-refractivity contribution is 7.82. The second-order valence-corrected chi connectivity index (χ2v) is 6.11. The number of nitrogens with zero attached hydrogens (tertiary/aromatic N) is 1. The predicted molar refractivity (Wildman–Crippen MR) is 95.1 cm³/mol. The smallest absolute Gasteiger partial charge is 0.122 e. The molecule has 1 atom stereocenters. The van der Waals surface area contributed by atoms with Crippen molar-refractivity contribution in [1.29, 1.82) is 0 Å². The van der Waals surface area contributed by atoms with Crippen LogP contribution in [0.3, 0.4) is 0 Å². The predicted octanol–water partition coefficient (Wildman–Crippen LogP) is 1.77. The summed E-state index contributed by atoms with van der Waals surface area (Å²) in [6.45, 7) is 4.33. The molecule has 5 nitrogen and oxygen atoms in total. The van der Waals surface area contributed by atoms with Gasteiger partial charge in [0.25, 0.3) is 0 Å². The third-order valence-corrected chi connectivity index (χ3v) is 4.27. The Bertz CT molecular complexity index is 599. The number of benzene rings is 2. The van der Waals surface area contributed by atoms with Crippen molar-refractivity contribution in [3.8, 4) is 5.75 Å². The zero-order chi connectivity index (χ0) is 16.5. The van der Waals surface area contributed by atoms with Crippen LogP contribution in [-0.4, -0.2) is 37.5 Å². The first-order valence-electron chi connectivity index (χ1n) is 7.51. The van der Waals surface area contributed by atoms with E-state index in [0.29, 0.717) is 4.90 Å². The minimum atomic E-state index is -1.33. The maximum Gasteiger partial charge on any atom is 0.122 e. The lowest BCUT2D eigenvalue weighted by Gasteiger charge is -2.29. The van der Waals surface area contributed by atoms with Crippen molar-refractivity contribution in [2.45, 2.75) is 4.90 Å². The summed E-state index contributed by atoms with van der Waals surface area (Å²) < 4.78 is 15.7. The number of ether oxygens (including phenoxy) is 1. The van der Waals surface area contributed by atoms with Crippen LogP contribution in [0.4, 0.5) is 5.69 Å². The molecule has 0 bridgehead atoms. The van der Waals surface area contributed by atoms with Crippen molar-refractivity contribution in [2.75, 3.05) is 38.2 Å². The third-order valence-electron chi connectivity index (χ3n) is 3.53. The van der Waals surface area contributed by atoms with Crippen molar-refractivity contribution in [3.63, 3.8) is 0 Å². The summed E-state index contributed by atoms with van der Waals surface area (Å²) in [4.78, 5) is 3.05. The molecule has 3 rings (SSSR count). The van der Waals surface area contributed by atoms with Crippen LogP contribution in [0.1, 0.15) is 0 Å². The van der Waals surface area contributed by atoms with Gasteiger partial charge in [-0.1, -0.05) is 18.2 Å². The van der Waals surface area contributed by atoms with Gasteiger partial charge in [-0.15, -0.1) is 0 Å². The lowest BCUT2D eigenvalue weighted by Crippen LogP contribution is -2.43. The second-order valence-electron chi connectivity index (χ2n) is 5.05. The molecule has 0 saturated carbocycles. The minimum absolute atomic E-state index is 0.664. The van der Waals surface area contributed by atoms with Crippen LogP contribution in [-0.2, 0) is 11.0 Å². The van der Waals surface area contributed by atoms with Gasteiger partial charge in [0.1, 0.15) is 16.7 Å². The van der Waals surface area contributed by atoms with Gasteiger partial charge in [0.2, 0.25) is 0 Å². The summed E-state index contributed by atoms with van der Waals surface area (Å²) in [7, 11) is 0.365. The average Bonchev–Trinajstić information content (AvgIpc) is 2.64. The summed E-state index contributed by atoms with van der Waals surface area (Å²) in [6.07, 6.45) is 0. The Morgan fingerprint density at radius 3 is 2.13 bits per heavy atom. The number of nitrogens with one attached hydrogen (secondary N) is 1. The van der Waals surface area contributed by atoms with Crippen molar-refractivity contribution >= 4 is 16.7 Å². The number of nitrogens with two attached hydrogens (primary N) is 1. The third kappa shape index (κ3) is 5.67. The Morgan fingerprint density at radius 2 is 1.65 bits per heavy atom. The van der Waals surface area contributed by atoms with E-state index in [1.807, 2.05) is 18.2 Å². The molecule has 1 aliphatic rings. The van der Waals surface area contributed by atoms with E-state index in [9.17, 15) is 4.21 Å². The van der Waals surface area contributed by atoms with Gasteiger partial charge >= 0.3 is 0 Å². The summed E-state index contributed by atoms with van der Waals surface area (Å²) in [6, 6.07) is 17.2. The van der Waals surface area contributed by atoms with E-state index in [0.717, 1.165) is 31.9 Å². The quantitative estimate of drug-likeness (QED) is 0.898. The second kappa shape index (κ2) is 9.29. The summed E-state index contributed by atoms with van der Waals surface area (Å²) in [5, 5.41) is 8.43. The molecule has 0 amide bonds. The molecule has 2 aromatic carbocycles. The van der Waals surface area contributed by atoms with Crippen LogP contribution in [0.25, 0.3) is 0 Å². The molecule has 0 aliphatic carbocycles. The van der Waals surface area contributed by atoms with Gasteiger partial charge in [-0.25, -0.2) is 9.35 Å². The molecular formula is C17H23N3O2S. The number of anilines is 1. The lowest BCUT2D eigenvalue weighted by molar-refractivity contribution is 0.415. The molecule has 1 fully saturated rings. The minimum Gasteiger partial charge on any atom is -0.497 e. The molecule has 1 unspecified atom stereocenters. The van der Waals surface area contributed by atoms with Gasteiger partial charge in [0.15, 0.2) is 0 Å². The van der Waals surface area contributed by atoms with Crippen LogP contribution in [0.2, 0.25) is 0 Å². The highest BCUT2D eigenvalue weighted by Gasteiger charge is 2.09. The fourth-order valence-corrected chi connectivity index (χ4v) is 2.70. The first kappa shape index (κ1) is 17.5. The van der Waals surface area contributed by atoms with Crippen molar-refractivity contribution in [1.82, 2.24) is 5.32 Å². The molecular weight excluding hydrogens is 310 g/mol. The monoisotopic (exact) mass is 333 g/mol. The standard InChI is InChI=1S/C11H16N2O.C6H7NOS/c1-14-11-4-2-10(3-5-11)13-8-6-12-7-9-13;7-9(8)6-4-2-1-3-5-6/h2-5,12H,6-9H2,1H3;1-5H,7H2. The summed E-state index contributed by atoms with van der Waals surface area (Å²) in [5.74, 6) is 0.920. The SMILES string of the molecule is COc1ccc(N2CCNCC2)cc1.NS(=O)c1ccccc1. The van der Waals surface area contributed by atoms with Gasteiger partial charge in [-0.3, -0.25) is 0 Å². The summed E-state index contributed by atoms with van der Waals surface area (Å²) >= 11 is 0. The molecule has 1 heterocycles. The fourth-order valence-electron chi connectivity index (χ4n) is 2.27.